The van der Waals surface area contributed by atoms with E-state index in [1.165, 1.54) is 0 Å². The summed E-state index contributed by atoms with van der Waals surface area (Å²) in [4.78, 5) is 24.5. The van der Waals surface area contributed by atoms with Gasteiger partial charge >= 0.3 is 0 Å². The van der Waals surface area contributed by atoms with E-state index in [9.17, 15) is 20.0 Å². The van der Waals surface area contributed by atoms with Crippen molar-refractivity contribution in [3.05, 3.63) is 11.6 Å². The van der Waals surface area contributed by atoms with Gasteiger partial charge in [-0.05, 0) is 49.9 Å². The molecule has 0 saturated heterocycles. The van der Waals surface area contributed by atoms with Gasteiger partial charge in [-0.25, -0.2) is 0 Å². The lowest BCUT2D eigenvalue weighted by atomic mass is 9.46. The van der Waals surface area contributed by atoms with Crippen LogP contribution < -0.4 is 0 Å². The Morgan fingerprint density at radius 2 is 2.08 bits per heavy atom. The number of carbonyl (C=O) groups is 2. The summed E-state index contributed by atoms with van der Waals surface area (Å²) < 4.78 is 0. The molecular weight excluding hydrogens is 314 g/mol. The van der Waals surface area contributed by atoms with Crippen LogP contribution in [0.5, 0.6) is 0 Å². The maximum atomic E-state index is 12.5. The van der Waals surface area contributed by atoms with E-state index in [0.717, 1.165) is 31.3 Å². The third-order valence-corrected chi connectivity index (χ3v) is 8.13. The van der Waals surface area contributed by atoms with Gasteiger partial charge in [0.25, 0.3) is 0 Å². The van der Waals surface area contributed by atoms with Crippen molar-refractivity contribution in [3.8, 4) is 6.07 Å². The third-order valence-electron chi connectivity index (χ3n) is 8.13. The highest BCUT2D eigenvalue weighted by Gasteiger charge is 2.61. The first kappa shape index (κ1) is 17.0. The van der Waals surface area contributed by atoms with Crippen molar-refractivity contribution in [1.82, 2.24) is 0 Å². The van der Waals surface area contributed by atoms with Gasteiger partial charge in [-0.2, -0.15) is 5.26 Å². The third kappa shape index (κ3) is 2.21. The highest BCUT2D eigenvalue weighted by Crippen LogP contribution is 2.65. The van der Waals surface area contributed by atoms with Crippen molar-refractivity contribution >= 4 is 11.6 Å². The molecule has 6 atom stereocenters. The van der Waals surface area contributed by atoms with Gasteiger partial charge in [-0.1, -0.05) is 18.6 Å². The van der Waals surface area contributed by atoms with Gasteiger partial charge < -0.3 is 5.11 Å². The molecule has 1 N–H and O–H groups in total. The van der Waals surface area contributed by atoms with Crippen molar-refractivity contribution in [3.63, 3.8) is 0 Å². The molecule has 0 aromatic rings. The second-order valence-corrected chi connectivity index (χ2v) is 8.89. The van der Waals surface area contributed by atoms with Crippen LogP contribution >= 0.6 is 0 Å². The summed E-state index contributed by atoms with van der Waals surface area (Å²) in [5.41, 5.74) is 0.471. The molecule has 0 radical (unpaired) electrons. The van der Waals surface area contributed by atoms with Gasteiger partial charge in [0.2, 0.25) is 0 Å². The van der Waals surface area contributed by atoms with Crippen molar-refractivity contribution in [2.45, 2.75) is 70.8 Å². The Bertz CT molecular complexity index is 690. The molecule has 25 heavy (non-hydrogen) atoms. The lowest BCUT2D eigenvalue weighted by Crippen LogP contribution is -2.55. The quantitative estimate of drug-likeness (QED) is 0.781. The second kappa shape index (κ2) is 5.77. The highest BCUT2D eigenvalue weighted by atomic mass is 16.3. The Morgan fingerprint density at radius 1 is 1.28 bits per heavy atom. The maximum Gasteiger partial charge on any atom is 0.139 e. The molecule has 134 valence electrons. The molecule has 0 aromatic carbocycles. The molecule has 0 aliphatic heterocycles. The number of allylic oxidation sites excluding steroid dienone is 1. The molecule has 4 aliphatic rings. The number of aliphatic hydroxyl groups excluding tert-OH is 1. The smallest absolute Gasteiger partial charge is 0.139 e. The summed E-state index contributed by atoms with van der Waals surface area (Å²) >= 11 is 0. The van der Waals surface area contributed by atoms with Crippen LogP contribution in [-0.4, -0.2) is 22.8 Å². The van der Waals surface area contributed by atoms with Gasteiger partial charge in [-0.3, -0.25) is 9.59 Å². The van der Waals surface area contributed by atoms with Gasteiger partial charge in [0.15, 0.2) is 0 Å². The molecule has 4 heteroatoms. The topological polar surface area (TPSA) is 78.2 Å². The Hall–Kier alpha value is -1.47. The molecule has 0 amide bonds. The van der Waals surface area contributed by atoms with E-state index >= 15 is 0 Å². The minimum Gasteiger partial charge on any atom is -0.391 e. The number of ketones is 2. The van der Waals surface area contributed by atoms with Crippen molar-refractivity contribution in [2.75, 3.05) is 0 Å². The van der Waals surface area contributed by atoms with E-state index in [-0.39, 0.29) is 17.6 Å². The van der Waals surface area contributed by atoms with Crippen LogP contribution in [0.3, 0.4) is 0 Å². The summed E-state index contributed by atoms with van der Waals surface area (Å²) in [5, 5.41) is 20.2. The number of hydrogen-bond acceptors (Lipinski definition) is 4. The standard InChI is InChI=1S/C21H27NO3/c1-20-9-7-17-15(16(20)4-5-18(20)24)3-2-13-12-14(23)6-10-21(13,17)19(25)8-11-22/h2,15-17,19,25H,3-10,12H2,1H3/t15-,16-,17-,19?,20-,21+/m0/s1. The maximum absolute atomic E-state index is 12.5. The van der Waals surface area contributed by atoms with Crippen LogP contribution in [0.15, 0.2) is 11.6 Å². The molecule has 0 aromatic heterocycles. The summed E-state index contributed by atoms with van der Waals surface area (Å²) in [7, 11) is 0. The number of fused-ring (bicyclic) bond motifs is 5. The van der Waals surface area contributed by atoms with E-state index in [0.29, 0.717) is 49.2 Å². The van der Waals surface area contributed by atoms with Crippen LogP contribution in [0.4, 0.5) is 0 Å². The Labute approximate surface area is 149 Å². The fourth-order valence-electron chi connectivity index (χ4n) is 6.86. The average molecular weight is 341 g/mol. The lowest BCUT2D eigenvalue weighted by molar-refractivity contribution is -0.136. The summed E-state index contributed by atoms with van der Waals surface area (Å²) in [6.07, 6.45) is 7.60. The van der Waals surface area contributed by atoms with Gasteiger partial charge in [0.05, 0.1) is 18.6 Å². The Balaban J connectivity index is 1.76. The fraction of sp³-hybridized carbons (Fsp3) is 0.762. The van der Waals surface area contributed by atoms with Gasteiger partial charge in [-0.15, -0.1) is 0 Å². The summed E-state index contributed by atoms with van der Waals surface area (Å²) in [6, 6.07) is 2.14. The first-order chi connectivity index (χ1) is 11.9. The number of Topliss-reactive ketones (excluding diaryl/α,β-unsaturated/α-hetero) is 2. The molecule has 4 aliphatic carbocycles. The zero-order valence-electron chi connectivity index (χ0n) is 15.0. The number of rotatable bonds is 2. The normalized spacial score (nSPS) is 44.2. The Kier molecular flexibility index (Phi) is 3.92. The highest BCUT2D eigenvalue weighted by molar-refractivity contribution is 5.87. The van der Waals surface area contributed by atoms with E-state index in [1.807, 2.05) is 0 Å². The van der Waals surface area contributed by atoms with E-state index in [4.69, 9.17) is 0 Å². The predicted octanol–water partition coefficient (Wildman–Crippen LogP) is 3.34. The molecule has 1 unspecified atom stereocenters. The molecule has 4 nitrogen and oxygen atoms in total. The minimum absolute atomic E-state index is 0.121. The summed E-state index contributed by atoms with van der Waals surface area (Å²) in [5.74, 6) is 1.75. The molecule has 0 spiro atoms. The Morgan fingerprint density at radius 3 is 2.84 bits per heavy atom. The monoisotopic (exact) mass is 341 g/mol. The second-order valence-electron chi connectivity index (χ2n) is 8.89. The molecule has 0 bridgehead atoms. The van der Waals surface area contributed by atoms with Crippen molar-refractivity contribution < 1.29 is 14.7 Å². The van der Waals surface area contributed by atoms with E-state index < -0.39 is 11.5 Å². The zero-order valence-corrected chi connectivity index (χ0v) is 15.0. The molecular formula is C21H27NO3. The lowest BCUT2D eigenvalue weighted by Gasteiger charge is -2.58. The van der Waals surface area contributed by atoms with Gasteiger partial charge in [0.1, 0.15) is 11.6 Å². The number of carbonyl (C=O) groups excluding carboxylic acids is 2. The molecule has 0 heterocycles. The molecule has 3 saturated carbocycles. The number of aliphatic hydroxyl groups is 1. The summed E-state index contributed by atoms with van der Waals surface area (Å²) in [6.45, 7) is 2.14. The SMILES string of the molecule is C[C@]12CC[C@H]3[C@@H](CC=C4CC(=O)CC[C@@]43C(O)CC#N)[C@@H]1CCC2=O. The van der Waals surface area contributed by atoms with Crippen molar-refractivity contribution in [2.24, 2.45) is 28.6 Å². The average Bonchev–Trinajstić information content (AvgIpc) is 2.90. The van der Waals surface area contributed by atoms with Crippen LogP contribution in [0, 0.1) is 39.9 Å². The number of nitriles is 1. The van der Waals surface area contributed by atoms with Gasteiger partial charge in [0, 0.05) is 30.1 Å². The minimum atomic E-state index is -0.703. The number of nitrogens with zero attached hydrogens (tertiary/aromatic N) is 1. The first-order valence-corrected chi connectivity index (χ1v) is 9.73. The van der Waals surface area contributed by atoms with Crippen LogP contribution in [-0.2, 0) is 9.59 Å². The number of hydrogen-bond donors (Lipinski definition) is 1. The largest absolute Gasteiger partial charge is 0.391 e. The first-order valence-electron chi connectivity index (χ1n) is 9.73. The van der Waals surface area contributed by atoms with Crippen LogP contribution in [0.25, 0.3) is 0 Å². The van der Waals surface area contributed by atoms with Crippen LogP contribution in [0.1, 0.15) is 64.7 Å². The van der Waals surface area contributed by atoms with Crippen LogP contribution in [0.2, 0.25) is 0 Å². The van der Waals surface area contributed by atoms with Crippen molar-refractivity contribution in [1.29, 1.82) is 5.26 Å². The zero-order chi connectivity index (χ0) is 17.8. The fourth-order valence-corrected chi connectivity index (χ4v) is 6.86. The van der Waals surface area contributed by atoms with E-state index in [1.54, 1.807) is 0 Å². The molecule has 3 fully saturated rings. The predicted molar refractivity (Wildman–Crippen MR) is 92.3 cm³/mol. The molecule has 4 rings (SSSR count). The van der Waals surface area contributed by atoms with E-state index in [2.05, 4.69) is 19.1 Å².